The SMILES string of the molecule is O=C(Cc1ccc(S(=O)(=O)c2ccc(Cl)cc2)[nH]1)C(=O)c1ncn[nH]1. The summed E-state index contributed by atoms with van der Waals surface area (Å²) in [5.74, 6) is -1.73. The largest absolute Gasteiger partial charge is 0.349 e. The zero-order valence-corrected chi connectivity index (χ0v) is 14.1. The Morgan fingerprint density at radius 3 is 2.44 bits per heavy atom. The molecule has 1 aromatic carbocycles. The van der Waals surface area contributed by atoms with E-state index in [1.165, 1.54) is 36.4 Å². The average Bonchev–Trinajstić information content (AvgIpc) is 3.26. The number of ketones is 2. The first-order valence-electron chi connectivity index (χ1n) is 6.99. The van der Waals surface area contributed by atoms with Crippen LogP contribution in [0.5, 0.6) is 0 Å². The molecule has 0 spiro atoms. The van der Waals surface area contributed by atoms with Crippen molar-refractivity contribution in [2.75, 3.05) is 0 Å². The van der Waals surface area contributed by atoms with Crippen LogP contribution in [0, 0.1) is 0 Å². The fourth-order valence-corrected chi connectivity index (χ4v) is 3.51. The Kier molecular flexibility index (Phi) is 4.51. The number of Topliss-reactive ketones (excluding diaryl/α,β-unsaturated/α-hetero) is 2. The molecule has 0 bridgehead atoms. The molecule has 0 saturated heterocycles. The minimum atomic E-state index is -3.77. The number of sulfone groups is 1. The van der Waals surface area contributed by atoms with Crippen LogP contribution in [0.4, 0.5) is 0 Å². The van der Waals surface area contributed by atoms with E-state index in [9.17, 15) is 18.0 Å². The van der Waals surface area contributed by atoms with Crippen LogP contribution < -0.4 is 0 Å². The van der Waals surface area contributed by atoms with Crippen molar-refractivity contribution in [3.63, 3.8) is 0 Å². The second-order valence-electron chi connectivity index (χ2n) is 5.07. The number of carbonyl (C=O) groups excluding carboxylic acids is 2. The van der Waals surface area contributed by atoms with Gasteiger partial charge in [0.05, 0.1) is 11.3 Å². The number of aromatic amines is 2. The van der Waals surface area contributed by atoms with Gasteiger partial charge in [-0.3, -0.25) is 14.7 Å². The third-order valence-electron chi connectivity index (χ3n) is 3.37. The van der Waals surface area contributed by atoms with Crippen LogP contribution in [0.1, 0.15) is 16.3 Å². The van der Waals surface area contributed by atoms with Gasteiger partial charge in [-0.1, -0.05) is 11.6 Å². The summed E-state index contributed by atoms with van der Waals surface area (Å²) in [5.41, 5.74) is 0.297. The predicted octanol–water partition coefficient (Wildman–Crippen LogP) is 1.61. The van der Waals surface area contributed by atoms with Gasteiger partial charge in [0.15, 0.2) is 5.82 Å². The predicted molar refractivity (Wildman–Crippen MR) is 87.1 cm³/mol. The van der Waals surface area contributed by atoms with Gasteiger partial charge in [0, 0.05) is 10.7 Å². The Bertz CT molecular complexity index is 1020. The first-order chi connectivity index (χ1) is 11.9. The Balaban J connectivity index is 1.79. The maximum Gasteiger partial charge on any atom is 0.265 e. The van der Waals surface area contributed by atoms with E-state index in [-0.39, 0.29) is 22.2 Å². The van der Waals surface area contributed by atoms with Crippen molar-refractivity contribution in [3.05, 3.63) is 59.3 Å². The number of benzene rings is 1. The number of aromatic nitrogens is 4. The van der Waals surface area contributed by atoms with Gasteiger partial charge >= 0.3 is 0 Å². The number of rotatable bonds is 6. The number of H-pyrrole nitrogens is 2. The molecule has 0 saturated carbocycles. The molecular formula is C15H11ClN4O4S. The molecule has 3 aromatic rings. The number of nitrogens with one attached hydrogen (secondary N) is 2. The van der Waals surface area contributed by atoms with Crippen molar-refractivity contribution < 1.29 is 18.0 Å². The maximum atomic E-state index is 12.5. The van der Waals surface area contributed by atoms with Gasteiger partial charge < -0.3 is 4.98 Å². The lowest BCUT2D eigenvalue weighted by atomic mass is 10.1. The normalized spacial score (nSPS) is 11.4. The molecule has 2 aromatic heterocycles. The molecule has 2 N–H and O–H groups in total. The highest BCUT2D eigenvalue weighted by Gasteiger charge is 2.23. The minimum Gasteiger partial charge on any atom is -0.349 e. The lowest BCUT2D eigenvalue weighted by Gasteiger charge is -2.02. The van der Waals surface area contributed by atoms with Gasteiger partial charge in [-0.15, -0.1) is 0 Å². The van der Waals surface area contributed by atoms with Gasteiger partial charge in [-0.2, -0.15) is 5.10 Å². The van der Waals surface area contributed by atoms with Crippen molar-refractivity contribution in [2.24, 2.45) is 0 Å². The maximum absolute atomic E-state index is 12.5. The number of hydrogen-bond donors (Lipinski definition) is 2. The molecule has 25 heavy (non-hydrogen) atoms. The molecule has 0 atom stereocenters. The Hall–Kier alpha value is -2.78. The summed E-state index contributed by atoms with van der Waals surface area (Å²) >= 11 is 5.76. The second kappa shape index (κ2) is 6.61. The number of nitrogens with zero attached hydrogens (tertiary/aromatic N) is 2. The van der Waals surface area contributed by atoms with Crippen molar-refractivity contribution in [1.82, 2.24) is 20.2 Å². The third-order valence-corrected chi connectivity index (χ3v) is 5.33. The van der Waals surface area contributed by atoms with E-state index >= 15 is 0 Å². The highest BCUT2D eigenvalue weighted by molar-refractivity contribution is 7.91. The summed E-state index contributed by atoms with van der Waals surface area (Å²) < 4.78 is 25.0. The standard InChI is InChI=1S/C15H11ClN4O4S/c16-9-1-4-11(5-2-9)25(23,24)13-6-3-10(19-13)7-12(21)14(22)15-17-8-18-20-15/h1-6,8,19H,7H2,(H,17,18,20). The van der Waals surface area contributed by atoms with E-state index in [0.29, 0.717) is 10.7 Å². The Morgan fingerprint density at radius 2 is 1.80 bits per heavy atom. The van der Waals surface area contributed by atoms with E-state index < -0.39 is 21.4 Å². The monoisotopic (exact) mass is 378 g/mol. The fourth-order valence-electron chi connectivity index (χ4n) is 2.12. The molecule has 0 amide bonds. The third kappa shape index (κ3) is 3.52. The highest BCUT2D eigenvalue weighted by Crippen LogP contribution is 2.22. The summed E-state index contributed by atoms with van der Waals surface area (Å²) in [6.45, 7) is 0. The van der Waals surface area contributed by atoms with Crippen molar-refractivity contribution >= 4 is 33.0 Å². The summed E-state index contributed by atoms with van der Waals surface area (Å²) in [6.07, 6.45) is 0.835. The van der Waals surface area contributed by atoms with Crippen LogP contribution >= 0.6 is 11.6 Å². The zero-order valence-electron chi connectivity index (χ0n) is 12.6. The fraction of sp³-hybridized carbons (Fsp3) is 0.0667. The molecule has 128 valence electrons. The van der Waals surface area contributed by atoms with Crippen molar-refractivity contribution in [2.45, 2.75) is 16.3 Å². The van der Waals surface area contributed by atoms with Crippen molar-refractivity contribution in [3.8, 4) is 0 Å². The lowest BCUT2D eigenvalue weighted by Crippen LogP contribution is -2.18. The molecule has 0 aliphatic heterocycles. The highest BCUT2D eigenvalue weighted by atomic mass is 35.5. The van der Waals surface area contributed by atoms with Crippen LogP contribution in [0.25, 0.3) is 0 Å². The molecule has 0 radical (unpaired) electrons. The number of halogens is 1. The Labute approximate surface area is 147 Å². The minimum absolute atomic E-state index is 0.0642. The van der Waals surface area contributed by atoms with E-state index in [1.807, 2.05) is 0 Å². The van der Waals surface area contributed by atoms with E-state index in [1.54, 1.807) is 0 Å². The molecule has 10 heteroatoms. The van der Waals surface area contributed by atoms with E-state index in [2.05, 4.69) is 20.2 Å². The van der Waals surface area contributed by atoms with Gasteiger partial charge in [0.2, 0.25) is 15.6 Å². The van der Waals surface area contributed by atoms with Crippen molar-refractivity contribution in [1.29, 1.82) is 0 Å². The quantitative estimate of drug-likeness (QED) is 0.495. The van der Waals surface area contributed by atoms with Crippen LogP contribution in [0.15, 0.2) is 52.6 Å². The molecule has 0 aliphatic carbocycles. The van der Waals surface area contributed by atoms with E-state index in [0.717, 1.165) is 6.33 Å². The molecule has 2 heterocycles. The Morgan fingerprint density at radius 1 is 1.08 bits per heavy atom. The summed E-state index contributed by atoms with van der Waals surface area (Å²) in [4.78, 5) is 30.1. The lowest BCUT2D eigenvalue weighted by molar-refractivity contribution is -0.114. The zero-order chi connectivity index (χ0) is 18.0. The molecule has 8 nitrogen and oxygen atoms in total. The first kappa shape index (κ1) is 17.1. The van der Waals surface area contributed by atoms with Gasteiger partial charge in [-0.05, 0) is 36.4 Å². The molecule has 0 aliphatic rings. The smallest absolute Gasteiger partial charge is 0.265 e. The summed E-state index contributed by atoms with van der Waals surface area (Å²) in [7, 11) is -3.77. The number of hydrogen-bond acceptors (Lipinski definition) is 6. The summed E-state index contributed by atoms with van der Waals surface area (Å²) in [5, 5.41) is 6.15. The van der Waals surface area contributed by atoms with Gasteiger partial charge in [-0.25, -0.2) is 13.4 Å². The van der Waals surface area contributed by atoms with Gasteiger partial charge in [0.25, 0.3) is 5.78 Å². The number of carbonyl (C=O) groups is 2. The van der Waals surface area contributed by atoms with Crippen LogP contribution in [-0.4, -0.2) is 40.1 Å². The molecule has 0 fully saturated rings. The van der Waals surface area contributed by atoms with Crippen LogP contribution in [0.2, 0.25) is 5.02 Å². The summed E-state index contributed by atoms with van der Waals surface area (Å²) in [6, 6.07) is 8.49. The molecule has 0 unspecified atom stereocenters. The first-order valence-corrected chi connectivity index (χ1v) is 8.85. The van der Waals surface area contributed by atoms with E-state index in [4.69, 9.17) is 11.6 Å². The molecule has 3 rings (SSSR count). The van der Waals surface area contributed by atoms with Crippen LogP contribution in [0.3, 0.4) is 0 Å². The second-order valence-corrected chi connectivity index (χ2v) is 7.42. The molecular weight excluding hydrogens is 368 g/mol. The van der Waals surface area contributed by atoms with Gasteiger partial charge in [0.1, 0.15) is 11.4 Å². The average molecular weight is 379 g/mol. The van der Waals surface area contributed by atoms with Crippen LogP contribution in [-0.2, 0) is 21.1 Å². The topological polar surface area (TPSA) is 126 Å².